The largest absolute Gasteiger partial charge is 0.379 e. The fourth-order valence-electron chi connectivity index (χ4n) is 3.71. The maximum Gasteiger partial charge on any atom is 0.330 e. The van der Waals surface area contributed by atoms with Crippen LogP contribution in [0.2, 0.25) is 5.02 Å². The van der Waals surface area contributed by atoms with Gasteiger partial charge in [0.05, 0.1) is 13.2 Å². The summed E-state index contributed by atoms with van der Waals surface area (Å²) < 4.78 is 8.88. The molecule has 0 radical (unpaired) electrons. The van der Waals surface area contributed by atoms with Crippen LogP contribution in [0.5, 0.6) is 0 Å². The number of rotatable bonds is 6. The first-order chi connectivity index (χ1) is 14.1. The Hall–Kier alpha value is -2.42. The number of benzene rings is 1. The molecule has 0 bridgehead atoms. The molecule has 9 heteroatoms. The number of halogens is 1. The van der Waals surface area contributed by atoms with Crippen LogP contribution in [0, 0.1) is 0 Å². The van der Waals surface area contributed by atoms with E-state index in [4.69, 9.17) is 21.3 Å². The predicted octanol–water partition coefficient (Wildman–Crippen LogP) is 1.95. The zero-order valence-electron chi connectivity index (χ0n) is 16.4. The van der Waals surface area contributed by atoms with Gasteiger partial charge in [-0.1, -0.05) is 18.5 Å². The van der Waals surface area contributed by atoms with Gasteiger partial charge in [0.15, 0.2) is 11.2 Å². The molecule has 0 aliphatic carbocycles. The molecule has 1 aliphatic heterocycles. The van der Waals surface area contributed by atoms with Crippen LogP contribution < -0.4 is 11.2 Å². The number of aromatic amines is 1. The Morgan fingerprint density at radius 2 is 1.79 bits per heavy atom. The minimum Gasteiger partial charge on any atom is -0.379 e. The summed E-state index contributed by atoms with van der Waals surface area (Å²) in [6.45, 7) is 6.98. The van der Waals surface area contributed by atoms with Crippen LogP contribution >= 0.6 is 11.6 Å². The molecule has 3 aromatic rings. The van der Waals surface area contributed by atoms with Crippen LogP contribution in [0.25, 0.3) is 22.6 Å². The van der Waals surface area contributed by atoms with E-state index in [1.54, 1.807) is 16.7 Å². The summed E-state index contributed by atoms with van der Waals surface area (Å²) in [6, 6.07) is 7.36. The van der Waals surface area contributed by atoms with Crippen LogP contribution in [0.1, 0.15) is 13.3 Å². The maximum atomic E-state index is 12.7. The Morgan fingerprint density at radius 3 is 2.48 bits per heavy atom. The summed E-state index contributed by atoms with van der Waals surface area (Å²) in [4.78, 5) is 34.6. The minimum atomic E-state index is -0.426. The Bertz CT molecular complexity index is 1110. The smallest absolute Gasteiger partial charge is 0.330 e. The first-order valence-corrected chi connectivity index (χ1v) is 10.3. The van der Waals surface area contributed by atoms with Crippen LogP contribution in [-0.2, 0) is 17.8 Å². The second-order valence-corrected chi connectivity index (χ2v) is 7.57. The van der Waals surface area contributed by atoms with Crippen molar-refractivity contribution < 1.29 is 4.74 Å². The number of hydrogen-bond acceptors (Lipinski definition) is 5. The number of imidazole rings is 1. The number of fused-ring (bicyclic) bond motifs is 1. The van der Waals surface area contributed by atoms with E-state index in [1.807, 2.05) is 23.6 Å². The standard InChI is InChI=1S/C20H24ClN5O3/c1-2-7-26-18-16(19(27)23-20(26)28)25(9-8-24-10-12-29-13-11-24)17(22-18)14-3-5-15(21)6-4-14/h3-6H,2,7-13H2,1H3,(H,23,27,28). The lowest BCUT2D eigenvalue weighted by atomic mass is 10.2. The summed E-state index contributed by atoms with van der Waals surface area (Å²) in [6.07, 6.45) is 0.762. The summed E-state index contributed by atoms with van der Waals surface area (Å²) in [5.41, 5.74) is 0.864. The van der Waals surface area contributed by atoms with Gasteiger partial charge < -0.3 is 9.30 Å². The molecule has 29 heavy (non-hydrogen) atoms. The number of nitrogens with zero attached hydrogens (tertiary/aromatic N) is 4. The lowest BCUT2D eigenvalue weighted by molar-refractivity contribution is 0.0365. The van der Waals surface area contributed by atoms with Gasteiger partial charge in [-0.15, -0.1) is 0 Å². The molecule has 1 N–H and O–H groups in total. The van der Waals surface area contributed by atoms with Crippen molar-refractivity contribution in [2.75, 3.05) is 32.8 Å². The lowest BCUT2D eigenvalue weighted by Crippen LogP contribution is -2.38. The van der Waals surface area contributed by atoms with Crippen molar-refractivity contribution in [1.29, 1.82) is 0 Å². The number of nitrogens with one attached hydrogen (secondary N) is 1. The van der Waals surface area contributed by atoms with Crippen LogP contribution in [0.4, 0.5) is 0 Å². The van der Waals surface area contributed by atoms with Gasteiger partial charge in [-0.2, -0.15) is 0 Å². The van der Waals surface area contributed by atoms with Gasteiger partial charge in [0.25, 0.3) is 5.56 Å². The maximum absolute atomic E-state index is 12.7. The van der Waals surface area contributed by atoms with Crippen LogP contribution in [0.15, 0.2) is 33.9 Å². The molecule has 2 aromatic heterocycles. The monoisotopic (exact) mass is 417 g/mol. The second kappa shape index (κ2) is 8.52. The third-order valence-electron chi connectivity index (χ3n) is 5.18. The van der Waals surface area contributed by atoms with Crippen molar-refractivity contribution in [1.82, 2.24) is 24.0 Å². The van der Waals surface area contributed by atoms with Crippen molar-refractivity contribution in [2.24, 2.45) is 0 Å². The molecule has 3 heterocycles. The highest BCUT2D eigenvalue weighted by Gasteiger charge is 2.20. The van der Waals surface area contributed by atoms with E-state index < -0.39 is 11.2 Å². The topological polar surface area (TPSA) is 85.2 Å². The molecule has 1 saturated heterocycles. The zero-order chi connectivity index (χ0) is 20.4. The minimum absolute atomic E-state index is 0.410. The quantitative estimate of drug-likeness (QED) is 0.662. The second-order valence-electron chi connectivity index (χ2n) is 7.13. The van der Waals surface area contributed by atoms with E-state index >= 15 is 0 Å². The van der Waals surface area contributed by atoms with Crippen molar-refractivity contribution >= 4 is 22.8 Å². The summed E-state index contributed by atoms with van der Waals surface area (Å²) >= 11 is 6.05. The van der Waals surface area contributed by atoms with E-state index in [9.17, 15) is 9.59 Å². The molecule has 0 saturated carbocycles. The lowest BCUT2D eigenvalue weighted by Gasteiger charge is -2.26. The number of hydrogen-bond donors (Lipinski definition) is 1. The third kappa shape index (κ3) is 4.01. The van der Waals surface area contributed by atoms with E-state index in [0.717, 1.165) is 31.6 Å². The fraction of sp³-hybridized carbons (Fsp3) is 0.450. The first kappa shape index (κ1) is 19.9. The summed E-state index contributed by atoms with van der Waals surface area (Å²) in [5, 5.41) is 0.630. The van der Waals surface area contributed by atoms with Gasteiger partial charge in [0.1, 0.15) is 5.82 Å². The molecule has 0 atom stereocenters. The Kier molecular flexibility index (Phi) is 5.84. The number of ether oxygens (including phenoxy) is 1. The number of H-pyrrole nitrogens is 1. The Morgan fingerprint density at radius 1 is 1.07 bits per heavy atom. The van der Waals surface area contributed by atoms with Crippen molar-refractivity contribution in [2.45, 2.75) is 26.4 Å². The van der Waals surface area contributed by atoms with Gasteiger partial charge in [-0.3, -0.25) is 19.2 Å². The number of aryl methyl sites for hydroxylation is 1. The van der Waals surface area contributed by atoms with Crippen molar-refractivity contribution in [3.63, 3.8) is 0 Å². The van der Waals surface area contributed by atoms with Gasteiger partial charge in [0.2, 0.25) is 0 Å². The average Bonchev–Trinajstić information content (AvgIpc) is 3.11. The highest BCUT2D eigenvalue weighted by atomic mass is 35.5. The molecular formula is C20H24ClN5O3. The molecule has 4 rings (SSSR count). The summed E-state index contributed by atoms with van der Waals surface area (Å²) in [7, 11) is 0. The Labute approximate surface area is 172 Å². The van der Waals surface area contributed by atoms with Crippen LogP contribution in [0.3, 0.4) is 0 Å². The highest BCUT2D eigenvalue weighted by Crippen LogP contribution is 2.24. The summed E-state index contributed by atoms with van der Waals surface area (Å²) in [5.74, 6) is 0.658. The zero-order valence-corrected chi connectivity index (χ0v) is 17.1. The van der Waals surface area contributed by atoms with E-state index in [1.165, 1.54) is 0 Å². The molecular weight excluding hydrogens is 394 g/mol. The molecule has 0 spiro atoms. The fourth-order valence-corrected chi connectivity index (χ4v) is 3.83. The molecule has 1 aliphatic rings. The van der Waals surface area contributed by atoms with Crippen molar-refractivity contribution in [3.05, 3.63) is 50.1 Å². The number of morpholine rings is 1. The van der Waals surface area contributed by atoms with E-state index in [0.29, 0.717) is 48.3 Å². The molecule has 0 amide bonds. The van der Waals surface area contributed by atoms with Gasteiger partial charge >= 0.3 is 5.69 Å². The van der Waals surface area contributed by atoms with Crippen LogP contribution in [-0.4, -0.2) is 56.9 Å². The molecule has 1 fully saturated rings. The van der Waals surface area contributed by atoms with Gasteiger partial charge in [-0.05, 0) is 30.7 Å². The van der Waals surface area contributed by atoms with Crippen molar-refractivity contribution in [3.8, 4) is 11.4 Å². The Balaban J connectivity index is 1.85. The molecule has 0 unspecified atom stereocenters. The van der Waals surface area contributed by atoms with Gasteiger partial charge in [0, 0.05) is 43.3 Å². The molecule has 1 aromatic carbocycles. The van der Waals surface area contributed by atoms with Gasteiger partial charge in [-0.25, -0.2) is 9.78 Å². The van der Waals surface area contributed by atoms with E-state index in [-0.39, 0.29) is 0 Å². The third-order valence-corrected chi connectivity index (χ3v) is 5.43. The normalized spacial score (nSPS) is 15.2. The SMILES string of the molecule is CCCn1c(=O)[nH]c(=O)c2c1nc(-c1ccc(Cl)cc1)n2CCN1CCOCC1. The number of aromatic nitrogens is 4. The first-order valence-electron chi connectivity index (χ1n) is 9.88. The highest BCUT2D eigenvalue weighted by molar-refractivity contribution is 6.30. The molecule has 154 valence electrons. The predicted molar refractivity (Wildman–Crippen MR) is 113 cm³/mol. The van der Waals surface area contributed by atoms with E-state index in [2.05, 4.69) is 9.88 Å². The molecule has 8 nitrogen and oxygen atoms in total. The average molecular weight is 418 g/mol.